The number of likely N-dealkylation sites (tertiary alicyclic amines) is 1. The van der Waals surface area contributed by atoms with Gasteiger partial charge >= 0.3 is 5.97 Å². The molecule has 0 spiro atoms. The Balaban J connectivity index is 1.69. The lowest BCUT2D eigenvalue weighted by atomic mass is 9.84. The minimum absolute atomic E-state index is 0.0540. The maximum atomic E-state index is 13.5. The summed E-state index contributed by atoms with van der Waals surface area (Å²) in [5.41, 5.74) is 1.01. The fourth-order valence-electron chi connectivity index (χ4n) is 5.86. The number of allylic oxidation sites excluding steroid dienone is 1. The number of ether oxygens (including phenoxy) is 2. The summed E-state index contributed by atoms with van der Waals surface area (Å²) in [7, 11) is 1.56. The predicted octanol–water partition coefficient (Wildman–Crippen LogP) is 5.32. The number of methoxy groups -OCH3 is 1. The number of benzene rings is 2. The summed E-state index contributed by atoms with van der Waals surface area (Å²) in [6.07, 6.45) is 8.60. The molecule has 1 saturated heterocycles. The van der Waals surface area contributed by atoms with Gasteiger partial charge in [-0.3, -0.25) is 9.59 Å². The van der Waals surface area contributed by atoms with Crippen molar-refractivity contribution in [3.63, 3.8) is 0 Å². The average molecular weight is 593 g/mol. The molecule has 232 valence electrons. The topological polar surface area (TPSA) is 125 Å². The summed E-state index contributed by atoms with van der Waals surface area (Å²) in [5.74, 6) is -1.54. The first-order valence-electron chi connectivity index (χ1n) is 15.4. The van der Waals surface area contributed by atoms with Crippen molar-refractivity contribution in [1.82, 2.24) is 10.2 Å². The lowest BCUT2D eigenvalue weighted by Crippen LogP contribution is -2.34. The molecule has 1 fully saturated rings. The summed E-state index contributed by atoms with van der Waals surface area (Å²) in [4.78, 5) is 41.1. The van der Waals surface area contributed by atoms with E-state index in [4.69, 9.17) is 9.47 Å². The number of nitrogens with one attached hydrogen (secondary N) is 1. The number of hydrogen-bond donors (Lipinski definition) is 3. The van der Waals surface area contributed by atoms with E-state index in [0.717, 1.165) is 19.6 Å². The van der Waals surface area contributed by atoms with Gasteiger partial charge in [0.05, 0.1) is 13.2 Å². The van der Waals surface area contributed by atoms with Gasteiger partial charge in [0.15, 0.2) is 0 Å². The Morgan fingerprint density at radius 1 is 1.09 bits per heavy atom. The second kappa shape index (κ2) is 15.6. The molecule has 9 heteroatoms. The molecule has 2 aromatic rings. The van der Waals surface area contributed by atoms with E-state index >= 15 is 0 Å². The van der Waals surface area contributed by atoms with E-state index < -0.39 is 23.7 Å². The number of cyclic esters (lactones) is 1. The molecule has 0 aliphatic carbocycles. The molecule has 9 nitrogen and oxygen atoms in total. The van der Waals surface area contributed by atoms with Gasteiger partial charge in [-0.1, -0.05) is 24.3 Å². The van der Waals surface area contributed by atoms with E-state index in [0.29, 0.717) is 61.9 Å². The van der Waals surface area contributed by atoms with Gasteiger partial charge in [-0.15, -0.1) is 0 Å². The van der Waals surface area contributed by atoms with Crippen LogP contribution >= 0.6 is 0 Å². The number of phenols is 2. The monoisotopic (exact) mass is 592 g/mol. The summed E-state index contributed by atoms with van der Waals surface area (Å²) in [6.45, 7) is 5.08. The maximum Gasteiger partial charge on any atom is 0.342 e. The minimum atomic E-state index is -0.753. The first-order chi connectivity index (χ1) is 20.8. The van der Waals surface area contributed by atoms with Crippen molar-refractivity contribution in [3.05, 3.63) is 58.7 Å². The number of carbonyl (C=O) groups excluding carboxylic acids is 3. The lowest BCUT2D eigenvalue weighted by molar-refractivity contribution is -0.121. The number of carbonyl (C=O) groups is 3. The van der Waals surface area contributed by atoms with Crippen molar-refractivity contribution in [3.8, 4) is 17.2 Å². The minimum Gasteiger partial charge on any atom is -0.507 e. The van der Waals surface area contributed by atoms with Gasteiger partial charge in [-0.05, 0) is 87.9 Å². The van der Waals surface area contributed by atoms with Gasteiger partial charge in [0.1, 0.15) is 28.6 Å². The third kappa shape index (κ3) is 8.83. The standard InChI is InChI=1S/C34H44N2O7/c1-23-9-8-12-26(37)11-5-3-4-10-25-21-29(38)32(33(40)31(25)34(41)43-23)28(24-13-15-27(42-2)16-14-24)22-30(39)35-17-20-36-18-6-7-19-36/h4,10,13-16,21,23,28,38,40H,3,5-9,11-12,17-20,22H2,1-2H3,(H,35,39)/b10-4+/t23-,28?/m0/s1. The van der Waals surface area contributed by atoms with Crippen LogP contribution in [-0.4, -0.2) is 72.2 Å². The summed E-state index contributed by atoms with van der Waals surface area (Å²) >= 11 is 0. The molecule has 2 heterocycles. The number of nitrogens with zero attached hydrogens (tertiary/aromatic N) is 1. The Labute approximate surface area is 253 Å². The fraction of sp³-hybridized carbons (Fsp3) is 0.500. The molecule has 0 bridgehead atoms. The zero-order valence-corrected chi connectivity index (χ0v) is 25.3. The smallest absolute Gasteiger partial charge is 0.342 e. The third-order valence-corrected chi connectivity index (χ3v) is 8.26. The van der Waals surface area contributed by atoms with Crippen LogP contribution in [0.3, 0.4) is 0 Å². The van der Waals surface area contributed by atoms with Crippen LogP contribution in [0, 0.1) is 0 Å². The van der Waals surface area contributed by atoms with Gasteiger partial charge < -0.3 is 29.9 Å². The second-order valence-electron chi connectivity index (χ2n) is 11.5. The fourth-order valence-corrected chi connectivity index (χ4v) is 5.86. The van der Waals surface area contributed by atoms with Crippen LogP contribution in [0.1, 0.15) is 97.7 Å². The van der Waals surface area contributed by atoms with Gasteiger partial charge in [-0.2, -0.15) is 0 Å². The van der Waals surface area contributed by atoms with Crippen LogP contribution in [0.15, 0.2) is 36.4 Å². The summed E-state index contributed by atoms with van der Waals surface area (Å²) in [5, 5.41) is 26.0. The van der Waals surface area contributed by atoms with E-state index in [9.17, 15) is 24.6 Å². The van der Waals surface area contributed by atoms with Crippen LogP contribution in [0.5, 0.6) is 17.2 Å². The Morgan fingerprint density at radius 2 is 1.81 bits per heavy atom. The molecule has 3 N–H and O–H groups in total. The van der Waals surface area contributed by atoms with Gasteiger partial charge in [0.25, 0.3) is 0 Å². The summed E-state index contributed by atoms with van der Waals surface area (Å²) in [6, 6.07) is 8.52. The lowest BCUT2D eigenvalue weighted by Gasteiger charge is -2.23. The van der Waals surface area contributed by atoms with Gasteiger partial charge in [-0.25, -0.2) is 4.79 Å². The number of hydrogen-bond acceptors (Lipinski definition) is 8. The average Bonchev–Trinajstić information content (AvgIpc) is 3.49. The molecule has 2 aliphatic rings. The van der Waals surface area contributed by atoms with Gasteiger partial charge in [0.2, 0.25) is 5.91 Å². The van der Waals surface area contributed by atoms with Crippen LogP contribution < -0.4 is 10.1 Å². The molecule has 0 radical (unpaired) electrons. The molecule has 0 aromatic heterocycles. The predicted molar refractivity (Wildman–Crippen MR) is 165 cm³/mol. The van der Waals surface area contributed by atoms with E-state index in [1.54, 1.807) is 44.4 Å². The molecule has 4 rings (SSSR count). The quantitative estimate of drug-likeness (QED) is 0.352. The van der Waals surface area contributed by atoms with Gasteiger partial charge in [0, 0.05) is 43.8 Å². The molecular formula is C34H44N2O7. The normalized spacial score (nSPS) is 20.0. The van der Waals surface area contributed by atoms with Crippen LogP contribution in [0.4, 0.5) is 0 Å². The molecule has 43 heavy (non-hydrogen) atoms. The largest absolute Gasteiger partial charge is 0.507 e. The van der Waals surface area contributed by atoms with Crippen molar-refractivity contribution >= 4 is 23.7 Å². The van der Waals surface area contributed by atoms with Crippen molar-refractivity contribution < 1.29 is 34.1 Å². The first kappa shape index (κ1) is 32.1. The van der Waals surface area contributed by atoms with Crippen molar-refractivity contribution in [2.24, 2.45) is 0 Å². The summed E-state index contributed by atoms with van der Waals surface area (Å²) < 4.78 is 11.0. The van der Waals surface area contributed by atoms with Crippen molar-refractivity contribution in [1.29, 1.82) is 0 Å². The molecule has 2 aliphatic heterocycles. The molecular weight excluding hydrogens is 548 g/mol. The molecule has 1 unspecified atom stereocenters. The highest BCUT2D eigenvalue weighted by Crippen LogP contribution is 2.44. The number of rotatable bonds is 8. The Bertz CT molecular complexity index is 1300. The number of aromatic hydroxyl groups is 2. The number of amides is 1. The number of phenolic OH excluding ortho intramolecular Hbond substituents is 2. The van der Waals surface area contributed by atoms with E-state index in [-0.39, 0.29) is 35.0 Å². The van der Waals surface area contributed by atoms with E-state index in [2.05, 4.69) is 10.2 Å². The molecule has 0 saturated carbocycles. The first-order valence-corrected chi connectivity index (χ1v) is 15.4. The van der Waals surface area contributed by atoms with Crippen LogP contribution in [0.2, 0.25) is 0 Å². The Morgan fingerprint density at radius 3 is 2.53 bits per heavy atom. The second-order valence-corrected chi connectivity index (χ2v) is 11.5. The number of esters is 1. The zero-order chi connectivity index (χ0) is 30.8. The van der Waals surface area contributed by atoms with E-state index in [1.807, 2.05) is 6.08 Å². The highest BCUT2D eigenvalue weighted by Gasteiger charge is 2.31. The molecule has 2 atom stereocenters. The SMILES string of the molecule is COc1ccc(C(CC(=O)NCCN2CCCC2)c2c(O)cc3c(c2O)C(=O)O[C@@H](C)CCCC(=O)CCC/C=C/3)cc1. The molecule has 1 amide bonds. The van der Waals surface area contributed by atoms with Crippen molar-refractivity contribution in [2.45, 2.75) is 76.7 Å². The molecule has 2 aromatic carbocycles. The zero-order valence-electron chi connectivity index (χ0n) is 25.3. The number of Topliss-reactive ketones (excluding diaryl/α,β-unsaturated/α-hetero) is 1. The van der Waals surface area contributed by atoms with E-state index in [1.165, 1.54) is 18.9 Å². The highest BCUT2D eigenvalue weighted by molar-refractivity contribution is 5.98. The van der Waals surface area contributed by atoms with Crippen LogP contribution in [0.25, 0.3) is 6.08 Å². The van der Waals surface area contributed by atoms with Crippen LogP contribution in [-0.2, 0) is 14.3 Å². The number of ketones is 1. The Hall–Kier alpha value is -3.85. The third-order valence-electron chi connectivity index (χ3n) is 8.26. The van der Waals surface area contributed by atoms with Crippen molar-refractivity contribution in [2.75, 3.05) is 33.3 Å². The highest BCUT2D eigenvalue weighted by atomic mass is 16.5. The maximum absolute atomic E-state index is 13.5. The number of fused-ring (bicyclic) bond motifs is 1. The Kier molecular flexibility index (Phi) is 11.6.